The maximum Gasteiger partial charge on any atom is 0.277 e. The highest BCUT2D eigenvalue weighted by Crippen LogP contribution is 2.17. The van der Waals surface area contributed by atoms with Crippen molar-refractivity contribution in [1.29, 1.82) is 0 Å². The Kier molecular flexibility index (Phi) is 4.51. The minimum absolute atomic E-state index is 0.0830. The number of rotatable bonds is 5. The molecule has 0 fully saturated rings. The molecule has 0 spiro atoms. The Labute approximate surface area is 113 Å². The van der Waals surface area contributed by atoms with E-state index in [1.807, 2.05) is 6.92 Å². The van der Waals surface area contributed by atoms with Crippen LogP contribution in [0.4, 0.5) is 10.1 Å². The highest BCUT2D eigenvalue weighted by molar-refractivity contribution is 7.99. The molecule has 1 amide bonds. The molecule has 1 aromatic carbocycles. The van der Waals surface area contributed by atoms with Gasteiger partial charge in [0, 0.05) is 6.42 Å². The average Bonchev–Trinajstić information content (AvgIpc) is 2.87. The number of hydrogen-bond donors (Lipinski definition) is 1. The SMILES string of the molecule is CCc1nnc(SCC(=O)Nc2ccccc2F)o1. The summed E-state index contributed by atoms with van der Waals surface area (Å²) in [6.07, 6.45) is 0.648. The van der Waals surface area contributed by atoms with E-state index >= 15 is 0 Å². The number of aromatic nitrogens is 2. The number of benzene rings is 1. The number of nitrogens with one attached hydrogen (secondary N) is 1. The van der Waals surface area contributed by atoms with Gasteiger partial charge in [0.05, 0.1) is 11.4 Å². The van der Waals surface area contributed by atoms with Gasteiger partial charge in [-0.25, -0.2) is 4.39 Å². The summed E-state index contributed by atoms with van der Waals surface area (Å²) < 4.78 is 18.5. The van der Waals surface area contributed by atoms with Crippen molar-refractivity contribution < 1.29 is 13.6 Å². The normalized spacial score (nSPS) is 10.4. The molecule has 1 N–H and O–H groups in total. The van der Waals surface area contributed by atoms with Crippen LogP contribution in [0.3, 0.4) is 0 Å². The zero-order valence-electron chi connectivity index (χ0n) is 10.2. The third kappa shape index (κ3) is 3.78. The van der Waals surface area contributed by atoms with E-state index in [2.05, 4.69) is 15.5 Å². The molecule has 2 aromatic rings. The Bertz CT molecular complexity index is 574. The van der Waals surface area contributed by atoms with Gasteiger partial charge in [0.25, 0.3) is 5.22 Å². The molecule has 0 saturated heterocycles. The number of hydrogen-bond acceptors (Lipinski definition) is 5. The Morgan fingerprint density at radius 1 is 1.42 bits per heavy atom. The average molecular weight is 281 g/mol. The number of aryl methyl sites for hydroxylation is 1. The first-order valence-corrected chi connectivity index (χ1v) is 6.67. The number of anilines is 1. The molecule has 1 heterocycles. The van der Waals surface area contributed by atoms with Gasteiger partial charge in [-0.05, 0) is 12.1 Å². The van der Waals surface area contributed by atoms with Crippen molar-refractivity contribution in [3.8, 4) is 0 Å². The zero-order valence-corrected chi connectivity index (χ0v) is 11.0. The lowest BCUT2D eigenvalue weighted by molar-refractivity contribution is -0.113. The predicted molar refractivity (Wildman–Crippen MR) is 69.4 cm³/mol. The number of para-hydroxylation sites is 1. The molecule has 0 saturated carbocycles. The van der Waals surface area contributed by atoms with Crippen LogP contribution >= 0.6 is 11.8 Å². The molecule has 100 valence electrons. The molecule has 1 aromatic heterocycles. The van der Waals surface area contributed by atoms with Crippen LogP contribution in [0.25, 0.3) is 0 Å². The van der Waals surface area contributed by atoms with Crippen LogP contribution in [0, 0.1) is 5.82 Å². The van der Waals surface area contributed by atoms with Crippen LogP contribution in [0.2, 0.25) is 0 Å². The smallest absolute Gasteiger partial charge is 0.277 e. The Hall–Kier alpha value is -1.89. The number of halogens is 1. The standard InChI is InChI=1S/C12H12FN3O2S/c1-2-11-15-16-12(18-11)19-7-10(17)14-9-6-4-3-5-8(9)13/h3-6H,2,7H2,1H3,(H,14,17). The second kappa shape index (κ2) is 6.33. The van der Waals surface area contributed by atoms with Crippen LogP contribution in [0.15, 0.2) is 33.9 Å². The second-order valence-corrected chi connectivity index (χ2v) is 4.56. The first-order chi connectivity index (χ1) is 9.19. The van der Waals surface area contributed by atoms with E-state index < -0.39 is 5.82 Å². The van der Waals surface area contributed by atoms with Gasteiger partial charge >= 0.3 is 0 Å². The molecule has 0 radical (unpaired) electrons. The quantitative estimate of drug-likeness (QED) is 0.853. The van der Waals surface area contributed by atoms with Crippen LogP contribution in [0.5, 0.6) is 0 Å². The van der Waals surface area contributed by atoms with Gasteiger partial charge in [0.2, 0.25) is 11.8 Å². The number of amides is 1. The fourth-order valence-electron chi connectivity index (χ4n) is 1.32. The van der Waals surface area contributed by atoms with Crippen molar-refractivity contribution in [2.24, 2.45) is 0 Å². The van der Waals surface area contributed by atoms with Crippen molar-refractivity contribution in [3.63, 3.8) is 0 Å². The Balaban J connectivity index is 1.86. The van der Waals surface area contributed by atoms with E-state index in [-0.39, 0.29) is 17.3 Å². The fraction of sp³-hybridized carbons (Fsp3) is 0.250. The third-order valence-corrected chi connectivity index (χ3v) is 3.04. The molecule has 0 bridgehead atoms. The molecule has 2 rings (SSSR count). The molecule has 0 aliphatic heterocycles. The van der Waals surface area contributed by atoms with Crippen LogP contribution in [-0.2, 0) is 11.2 Å². The maximum atomic E-state index is 13.3. The third-order valence-electron chi connectivity index (χ3n) is 2.23. The molecule has 0 aliphatic carbocycles. The lowest BCUT2D eigenvalue weighted by atomic mass is 10.3. The van der Waals surface area contributed by atoms with E-state index in [4.69, 9.17) is 4.42 Å². The number of carbonyl (C=O) groups is 1. The fourth-order valence-corrected chi connectivity index (χ4v) is 1.90. The highest BCUT2D eigenvalue weighted by Gasteiger charge is 2.10. The number of nitrogens with zero attached hydrogens (tertiary/aromatic N) is 2. The maximum absolute atomic E-state index is 13.3. The summed E-state index contributed by atoms with van der Waals surface area (Å²) in [5.74, 6) is -0.185. The van der Waals surface area contributed by atoms with Gasteiger partial charge in [-0.15, -0.1) is 10.2 Å². The second-order valence-electron chi connectivity index (χ2n) is 3.63. The van der Waals surface area contributed by atoms with Crippen LogP contribution in [0.1, 0.15) is 12.8 Å². The summed E-state index contributed by atoms with van der Waals surface area (Å²) in [4.78, 5) is 11.6. The highest BCUT2D eigenvalue weighted by atomic mass is 32.2. The van der Waals surface area contributed by atoms with Crippen molar-refractivity contribution in [2.45, 2.75) is 18.6 Å². The summed E-state index contributed by atoms with van der Waals surface area (Å²) in [7, 11) is 0. The molecule has 7 heteroatoms. The molecule has 0 aliphatic rings. The summed E-state index contributed by atoms with van der Waals surface area (Å²) in [6, 6.07) is 6.00. The van der Waals surface area contributed by atoms with Gasteiger partial charge in [0.15, 0.2) is 0 Å². The monoisotopic (exact) mass is 281 g/mol. The van der Waals surface area contributed by atoms with Crippen LogP contribution in [-0.4, -0.2) is 21.9 Å². The van der Waals surface area contributed by atoms with Gasteiger partial charge < -0.3 is 9.73 Å². The van der Waals surface area contributed by atoms with Gasteiger partial charge in [0.1, 0.15) is 5.82 Å². The van der Waals surface area contributed by atoms with Crippen molar-refractivity contribution in [1.82, 2.24) is 10.2 Å². The number of carbonyl (C=O) groups excluding carboxylic acids is 1. The zero-order chi connectivity index (χ0) is 13.7. The number of thioether (sulfide) groups is 1. The first-order valence-electron chi connectivity index (χ1n) is 5.68. The van der Waals surface area contributed by atoms with Gasteiger partial charge in [-0.1, -0.05) is 30.8 Å². The lowest BCUT2D eigenvalue weighted by Crippen LogP contribution is -2.14. The van der Waals surface area contributed by atoms with Gasteiger partial charge in [-0.2, -0.15) is 0 Å². The van der Waals surface area contributed by atoms with Gasteiger partial charge in [-0.3, -0.25) is 4.79 Å². The lowest BCUT2D eigenvalue weighted by Gasteiger charge is -2.04. The summed E-state index contributed by atoms with van der Waals surface area (Å²) >= 11 is 1.12. The van der Waals surface area contributed by atoms with Crippen molar-refractivity contribution in [3.05, 3.63) is 36.0 Å². The molecule has 19 heavy (non-hydrogen) atoms. The predicted octanol–water partition coefficient (Wildman–Crippen LogP) is 2.50. The molecule has 0 atom stereocenters. The molecular formula is C12H12FN3O2S. The van der Waals surface area contributed by atoms with E-state index in [1.54, 1.807) is 12.1 Å². The minimum atomic E-state index is -0.466. The summed E-state index contributed by atoms with van der Waals surface area (Å²) in [6.45, 7) is 1.90. The first kappa shape index (κ1) is 13.5. The summed E-state index contributed by atoms with van der Waals surface area (Å²) in [5, 5.41) is 10.4. The molecular weight excluding hydrogens is 269 g/mol. The molecule has 5 nitrogen and oxygen atoms in total. The summed E-state index contributed by atoms with van der Waals surface area (Å²) in [5.41, 5.74) is 0.160. The topological polar surface area (TPSA) is 68.0 Å². The minimum Gasteiger partial charge on any atom is -0.416 e. The van der Waals surface area contributed by atoms with E-state index in [0.717, 1.165) is 11.8 Å². The van der Waals surface area contributed by atoms with E-state index in [9.17, 15) is 9.18 Å². The van der Waals surface area contributed by atoms with Crippen LogP contribution < -0.4 is 5.32 Å². The Morgan fingerprint density at radius 2 is 2.21 bits per heavy atom. The van der Waals surface area contributed by atoms with Crippen molar-refractivity contribution in [2.75, 3.05) is 11.1 Å². The molecule has 0 unspecified atom stereocenters. The van der Waals surface area contributed by atoms with E-state index in [1.165, 1.54) is 12.1 Å². The van der Waals surface area contributed by atoms with Crippen molar-refractivity contribution >= 4 is 23.4 Å². The largest absolute Gasteiger partial charge is 0.416 e. The Morgan fingerprint density at radius 3 is 2.89 bits per heavy atom. The van der Waals surface area contributed by atoms with E-state index in [0.29, 0.717) is 17.5 Å².